The zero-order valence-corrected chi connectivity index (χ0v) is 32.5. The van der Waals surface area contributed by atoms with Crippen LogP contribution in [0.15, 0.2) is 24.8 Å². The van der Waals surface area contributed by atoms with E-state index in [9.17, 15) is 57.9 Å². The van der Waals surface area contributed by atoms with Gasteiger partial charge in [-0.1, -0.05) is 37.8 Å². The molecule has 3 unspecified atom stereocenters. The number of aliphatic hydroxyl groups excluding tert-OH is 2. The molecule has 0 bridgehead atoms. The molecule has 1 saturated heterocycles. The second-order valence-corrected chi connectivity index (χ2v) is 17.8. The quantitative estimate of drug-likeness (QED) is 0.0439. The van der Waals surface area contributed by atoms with Gasteiger partial charge in [0.1, 0.15) is 36.3 Å². The molecule has 2 amide bonds. The zero-order chi connectivity index (χ0) is 40.6. The van der Waals surface area contributed by atoms with Crippen LogP contribution in [0.25, 0.3) is 11.2 Å². The van der Waals surface area contributed by atoms with E-state index >= 15 is 0 Å². The highest BCUT2D eigenvalue weighted by molar-refractivity contribution is 8.13. The first-order chi connectivity index (χ1) is 24.9. The third-order valence-corrected chi connectivity index (χ3v) is 11.2. The number of allylic oxidation sites excluding steroid dienone is 1. The summed E-state index contributed by atoms with van der Waals surface area (Å²) in [6.45, 7) is 5.84. The van der Waals surface area contributed by atoms with E-state index in [2.05, 4.69) is 41.0 Å². The van der Waals surface area contributed by atoms with Crippen molar-refractivity contribution in [3.8, 4) is 0 Å². The predicted octanol–water partition coefficient (Wildman–Crippen LogP) is -0.369. The molecule has 304 valence electrons. The fourth-order valence-corrected chi connectivity index (χ4v) is 8.20. The van der Waals surface area contributed by atoms with E-state index in [1.54, 1.807) is 6.92 Å². The Balaban J connectivity index is 1.51. The molecule has 1 aliphatic rings. The Morgan fingerprint density at radius 2 is 1.76 bits per heavy atom. The first-order valence-electron chi connectivity index (χ1n) is 15.6. The predicted molar refractivity (Wildman–Crippen MR) is 187 cm³/mol. The molecule has 7 atom stereocenters. The number of hydrogen-bond donors (Lipinski definition) is 9. The van der Waals surface area contributed by atoms with Crippen molar-refractivity contribution >= 4 is 69.1 Å². The van der Waals surface area contributed by atoms with Crippen LogP contribution in [0.5, 0.6) is 0 Å². The van der Waals surface area contributed by atoms with E-state index in [0.29, 0.717) is 11.3 Å². The Hall–Kier alpha value is -2.70. The lowest BCUT2D eigenvalue weighted by Crippen LogP contribution is -2.46. The van der Waals surface area contributed by atoms with Crippen molar-refractivity contribution in [3.63, 3.8) is 0 Å². The van der Waals surface area contributed by atoms with Gasteiger partial charge in [-0.25, -0.2) is 28.6 Å². The first kappa shape index (κ1) is 45.7. The van der Waals surface area contributed by atoms with Gasteiger partial charge in [0.2, 0.25) is 11.8 Å². The van der Waals surface area contributed by atoms with Crippen molar-refractivity contribution in [2.75, 3.05) is 37.8 Å². The zero-order valence-electron chi connectivity index (χ0n) is 29.0. The van der Waals surface area contributed by atoms with Crippen molar-refractivity contribution in [1.82, 2.24) is 30.2 Å². The summed E-state index contributed by atoms with van der Waals surface area (Å²) in [4.78, 5) is 87.0. The van der Waals surface area contributed by atoms with Gasteiger partial charge in [0.15, 0.2) is 22.8 Å². The number of nitrogens with zero attached hydrogens (tertiary/aromatic N) is 4. The lowest BCUT2D eigenvalue weighted by molar-refractivity contribution is -0.137. The van der Waals surface area contributed by atoms with Crippen LogP contribution in [-0.4, -0.2) is 123 Å². The topological polar surface area (TPSA) is 364 Å². The number of fused-ring (bicyclic) bond motifs is 1. The number of aliphatic hydroxyl groups is 2. The van der Waals surface area contributed by atoms with Crippen molar-refractivity contribution in [1.29, 1.82) is 0 Å². The Labute approximate surface area is 311 Å². The highest BCUT2D eigenvalue weighted by atomic mass is 32.2. The number of ether oxygens (including phenoxy) is 1. The fraction of sp³-hybridized carbons (Fsp3) is 0.615. The van der Waals surface area contributed by atoms with Crippen LogP contribution in [0.3, 0.4) is 0 Å². The standard InChI is InChI=1S/C26H42N7O17P3S/c1-14(2)9-17(35)54-8-7-28-16(34)5-6-29-24(38)21(37)26(3,4)11-47-53(44,45)50-52(42,43)46-10-15-20(49-51(39,40)41)19(36)25(48-15)33-13-32-18-22(27)30-12-31-23(18)33/h12-13,15,19-21,25,36-37H,1,5-11H2,2-4H3,(H,28,34)(H,29,38)(H,42,43)(H,44,45)(H2,27,30,31)(H2,39,40,41)/t15-,19-,20-,21?,25-/m1/s1. The van der Waals surface area contributed by atoms with E-state index in [1.165, 1.54) is 13.8 Å². The molecule has 1 fully saturated rings. The van der Waals surface area contributed by atoms with Crippen molar-refractivity contribution in [2.45, 2.75) is 64.3 Å². The van der Waals surface area contributed by atoms with Crippen molar-refractivity contribution in [2.24, 2.45) is 5.41 Å². The summed E-state index contributed by atoms with van der Waals surface area (Å²) in [6, 6.07) is 0. The summed E-state index contributed by atoms with van der Waals surface area (Å²) in [6.07, 6.45) is -6.70. The summed E-state index contributed by atoms with van der Waals surface area (Å²) in [5.74, 6) is -1.13. The molecule has 54 heavy (non-hydrogen) atoms. The maximum atomic E-state index is 12.6. The molecule has 0 saturated carbocycles. The van der Waals surface area contributed by atoms with Gasteiger partial charge in [-0.15, -0.1) is 0 Å². The molecule has 3 heterocycles. The largest absolute Gasteiger partial charge is 0.481 e. The highest BCUT2D eigenvalue weighted by Gasteiger charge is 2.50. The average molecular weight is 850 g/mol. The van der Waals surface area contributed by atoms with Crippen LogP contribution in [0.2, 0.25) is 0 Å². The number of carbonyl (C=O) groups excluding carboxylic acids is 3. The van der Waals surface area contributed by atoms with Gasteiger partial charge < -0.3 is 50.9 Å². The summed E-state index contributed by atoms with van der Waals surface area (Å²) >= 11 is 1.04. The van der Waals surface area contributed by atoms with E-state index in [4.69, 9.17) is 19.5 Å². The van der Waals surface area contributed by atoms with E-state index in [1.807, 2.05) is 0 Å². The number of phosphoric acid groups is 3. The number of anilines is 1. The van der Waals surface area contributed by atoms with Crippen LogP contribution in [0.4, 0.5) is 5.82 Å². The Morgan fingerprint density at radius 3 is 2.41 bits per heavy atom. The molecular weight excluding hydrogens is 807 g/mol. The highest BCUT2D eigenvalue weighted by Crippen LogP contribution is 2.61. The number of nitrogen functional groups attached to an aromatic ring is 1. The lowest BCUT2D eigenvalue weighted by atomic mass is 9.87. The van der Waals surface area contributed by atoms with Crippen LogP contribution in [-0.2, 0) is 50.7 Å². The molecule has 2 aromatic heterocycles. The number of phosphoric ester groups is 3. The molecule has 0 spiro atoms. The smallest absolute Gasteiger partial charge is 0.386 e. The molecule has 0 aromatic carbocycles. The Morgan fingerprint density at radius 1 is 1.09 bits per heavy atom. The lowest BCUT2D eigenvalue weighted by Gasteiger charge is -2.30. The summed E-state index contributed by atoms with van der Waals surface area (Å²) in [7, 11) is -16.4. The molecule has 28 heteroatoms. The molecule has 10 N–H and O–H groups in total. The SMILES string of the molecule is C=C(C)CC(=O)SCCNC(=O)CCNC(=O)C(O)C(C)(C)COP(=O)(O)OP(=O)(O)OC[C@H]1O[C@@H](n2cnc3c(N)ncnc32)[C@H](O)[C@@H]1OP(=O)(O)O. The number of thioether (sulfide) groups is 1. The number of carbonyl (C=O) groups is 3. The number of nitrogens with two attached hydrogens (primary N) is 1. The second kappa shape index (κ2) is 19.0. The van der Waals surface area contributed by atoms with E-state index in [-0.39, 0.29) is 48.0 Å². The average Bonchev–Trinajstić information content (AvgIpc) is 3.60. The first-order valence-corrected chi connectivity index (χ1v) is 21.1. The van der Waals surface area contributed by atoms with Crippen LogP contribution < -0.4 is 16.4 Å². The van der Waals surface area contributed by atoms with Crippen LogP contribution >= 0.6 is 35.2 Å². The Kier molecular flexibility index (Phi) is 16.0. The number of rotatable bonds is 21. The normalized spacial score (nSPS) is 21.9. The van der Waals surface area contributed by atoms with E-state index in [0.717, 1.165) is 29.0 Å². The van der Waals surface area contributed by atoms with E-state index < -0.39 is 84.6 Å². The molecule has 0 aliphatic carbocycles. The Bertz CT molecular complexity index is 1830. The third-order valence-electron chi connectivity index (χ3n) is 7.21. The maximum absolute atomic E-state index is 12.6. The number of hydrogen-bond acceptors (Lipinski definition) is 18. The maximum Gasteiger partial charge on any atom is 0.481 e. The van der Waals surface area contributed by atoms with Crippen LogP contribution in [0, 0.1) is 5.41 Å². The number of imidazole rings is 1. The third kappa shape index (κ3) is 13.8. The minimum absolute atomic E-state index is 0.0295. The molecule has 24 nitrogen and oxygen atoms in total. The molecule has 3 rings (SSSR count). The van der Waals surface area contributed by atoms with Gasteiger partial charge in [0.05, 0.1) is 19.5 Å². The molecule has 1 aliphatic heterocycles. The van der Waals surface area contributed by atoms with Crippen molar-refractivity contribution in [3.05, 3.63) is 24.8 Å². The number of nitrogens with one attached hydrogen (secondary N) is 2. The summed E-state index contributed by atoms with van der Waals surface area (Å²) in [5, 5.41) is 26.2. The molecule has 2 aromatic rings. The van der Waals surface area contributed by atoms with Gasteiger partial charge >= 0.3 is 23.5 Å². The monoisotopic (exact) mass is 849 g/mol. The van der Waals surface area contributed by atoms with Crippen molar-refractivity contribution < 1.29 is 80.5 Å². The minimum Gasteiger partial charge on any atom is -0.386 e. The molecule has 0 radical (unpaired) electrons. The second-order valence-electron chi connectivity index (χ2n) is 12.4. The minimum atomic E-state index is -5.57. The van der Waals surface area contributed by atoms with Gasteiger partial charge in [0.25, 0.3) is 0 Å². The summed E-state index contributed by atoms with van der Waals surface area (Å²) in [5.41, 5.74) is 4.97. The number of amides is 2. The van der Waals surface area contributed by atoms with Crippen LogP contribution in [0.1, 0.15) is 39.8 Å². The molecular formula is C26H42N7O17P3S. The number of aromatic nitrogens is 4. The van der Waals surface area contributed by atoms with Gasteiger partial charge in [-0.2, -0.15) is 4.31 Å². The van der Waals surface area contributed by atoms with Gasteiger partial charge in [0, 0.05) is 37.1 Å². The summed E-state index contributed by atoms with van der Waals surface area (Å²) < 4.78 is 62.0. The van der Waals surface area contributed by atoms with Gasteiger partial charge in [-0.05, 0) is 6.92 Å². The fourth-order valence-electron chi connectivity index (χ4n) is 4.59. The van der Waals surface area contributed by atoms with Gasteiger partial charge in [-0.3, -0.25) is 32.5 Å².